The largest absolute Gasteiger partial charge is 0.271 e. The third kappa shape index (κ3) is 4.44. The van der Waals surface area contributed by atoms with Crippen molar-refractivity contribution in [3.05, 3.63) is 70.2 Å². The van der Waals surface area contributed by atoms with E-state index in [1.165, 1.54) is 23.9 Å². The molecule has 0 bridgehead atoms. The minimum atomic E-state index is -1.04. The van der Waals surface area contributed by atoms with Gasteiger partial charge >= 0.3 is 0 Å². The van der Waals surface area contributed by atoms with Gasteiger partial charge in [0.1, 0.15) is 6.04 Å². The molecule has 3 rings (SSSR count). The standard InChI is InChI=1S/C20H18ClN3O4S/c1-29-11-10-16(24-19(27)14-4-2-3-5-15(14)20(24)28)18(26)23-22-17(25)12-6-8-13(21)9-7-12/h2-9,16H,10-11H2,1H3,(H,22,25)(H,23,26)/t16-/m1/s1. The molecule has 1 atom stereocenters. The highest BCUT2D eigenvalue weighted by Gasteiger charge is 2.42. The van der Waals surface area contributed by atoms with Crippen LogP contribution < -0.4 is 10.9 Å². The number of thioether (sulfide) groups is 1. The molecule has 0 fully saturated rings. The Hall–Kier alpha value is -2.84. The predicted octanol–water partition coefficient (Wildman–Crippen LogP) is 2.52. The number of fused-ring (bicyclic) bond motifs is 1. The number of benzene rings is 2. The van der Waals surface area contributed by atoms with Gasteiger partial charge in [0.25, 0.3) is 23.6 Å². The van der Waals surface area contributed by atoms with Gasteiger partial charge in [0.2, 0.25) is 0 Å². The van der Waals surface area contributed by atoms with E-state index in [2.05, 4.69) is 10.9 Å². The summed E-state index contributed by atoms with van der Waals surface area (Å²) in [6.07, 6.45) is 2.12. The lowest BCUT2D eigenvalue weighted by Crippen LogP contribution is -2.54. The molecular formula is C20H18ClN3O4S. The van der Waals surface area contributed by atoms with Crippen molar-refractivity contribution in [1.82, 2.24) is 15.8 Å². The van der Waals surface area contributed by atoms with Gasteiger partial charge < -0.3 is 0 Å². The Labute approximate surface area is 176 Å². The average molecular weight is 432 g/mol. The van der Waals surface area contributed by atoms with Gasteiger partial charge in [-0.25, -0.2) is 0 Å². The summed E-state index contributed by atoms with van der Waals surface area (Å²) in [5, 5.41) is 0.480. The molecule has 0 aromatic heterocycles. The maximum absolute atomic E-state index is 12.8. The number of hydrogen-bond acceptors (Lipinski definition) is 5. The van der Waals surface area contributed by atoms with E-state index in [0.717, 1.165) is 4.90 Å². The van der Waals surface area contributed by atoms with Gasteiger partial charge in [-0.05, 0) is 54.8 Å². The summed E-state index contributed by atoms with van der Waals surface area (Å²) in [6, 6.07) is 11.5. The molecular weight excluding hydrogens is 414 g/mol. The molecule has 1 heterocycles. The van der Waals surface area contributed by atoms with Crippen LogP contribution in [0.15, 0.2) is 48.5 Å². The summed E-state index contributed by atoms with van der Waals surface area (Å²) >= 11 is 7.29. The Morgan fingerprint density at radius 2 is 1.59 bits per heavy atom. The van der Waals surface area contributed by atoms with Crippen molar-refractivity contribution in [2.45, 2.75) is 12.5 Å². The zero-order valence-electron chi connectivity index (χ0n) is 15.5. The third-order valence-corrected chi connectivity index (χ3v) is 5.34. The molecule has 29 heavy (non-hydrogen) atoms. The number of halogens is 1. The fourth-order valence-electron chi connectivity index (χ4n) is 2.97. The van der Waals surface area contributed by atoms with Gasteiger partial charge in [0.15, 0.2) is 0 Å². The maximum Gasteiger partial charge on any atom is 0.269 e. The highest BCUT2D eigenvalue weighted by Crippen LogP contribution is 2.26. The summed E-state index contributed by atoms with van der Waals surface area (Å²) in [4.78, 5) is 51.4. The van der Waals surface area contributed by atoms with E-state index in [0.29, 0.717) is 16.3 Å². The van der Waals surface area contributed by atoms with E-state index in [1.54, 1.807) is 36.4 Å². The molecule has 1 aliphatic heterocycles. The van der Waals surface area contributed by atoms with Crippen molar-refractivity contribution in [2.75, 3.05) is 12.0 Å². The molecule has 0 spiro atoms. The summed E-state index contributed by atoms with van der Waals surface area (Å²) < 4.78 is 0. The topological polar surface area (TPSA) is 95.6 Å². The van der Waals surface area contributed by atoms with Crippen LogP contribution in [0.5, 0.6) is 0 Å². The van der Waals surface area contributed by atoms with Crippen LogP contribution >= 0.6 is 23.4 Å². The predicted molar refractivity (Wildman–Crippen MR) is 111 cm³/mol. The van der Waals surface area contributed by atoms with Gasteiger partial charge in [-0.2, -0.15) is 11.8 Å². The first-order valence-corrected chi connectivity index (χ1v) is 10.5. The fourth-order valence-corrected chi connectivity index (χ4v) is 3.56. The monoisotopic (exact) mass is 431 g/mol. The summed E-state index contributed by atoms with van der Waals surface area (Å²) in [6.45, 7) is 0. The fraction of sp³-hybridized carbons (Fsp3) is 0.200. The van der Waals surface area contributed by atoms with Crippen LogP contribution in [0.25, 0.3) is 0 Å². The summed E-state index contributed by atoms with van der Waals surface area (Å²) in [7, 11) is 0. The Bertz CT molecular complexity index is 929. The minimum Gasteiger partial charge on any atom is -0.271 e. The second-order valence-corrected chi connectivity index (χ2v) is 7.70. The lowest BCUT2D eigenvalue weighted by molar-refractivity contribution is -0.125. The van der Waals surface area contributed by atoms with Crippen LogP contribution in [0.3, 0.4) is 0 Å². The Morgan fingerprint density at radius 3 is 2.14 bits per heavy atom. The van der Waals surface area contributed by atoms with Crippen LogP contribution in [-0.2, 0) is 4.79 Å². The van der Waals surface area contributed by atoms with Crippen LogP contribution in [0, 0.1) is 0 Å². The Balaban J connectivity index is 1.74. The van der Waals surface area contributed by atoms with E-state index in [1.807, 2.05) is 6.26 Å². The van der Waals surface area contributed by atoms with Crippen LogP contribution in [-0.4, -0.2) is 46.6 Å². The van der Waals surface area contributed by atoms with Gasteiger partial charge in [0.05, 0.1) is 11.1 Å². The zero-order valence-corrected chi connectivity index (χ0v) is 17.0. The number of amides is 4. The molecule has 1 aliphatic rings. The molecule has 0 saturated carbocycles. The van der Waals surface area contributed by atoms with Crippen LogP contribution in [0.1, 0.15) is 37.5 Å². The van der Waals surface area contributed by atoms with E-state index >= 15 is 0 Å². The van der Waals surface area contributed by atoms with Crippen molar-refractivity contribution in [3.8, 4) is 0 Å². The minimum absolute atomic E-state index is 0.259. The van der Waals surface area contributed by atoms with Crippen LogP contribution in [0.2, 0.25) is 5.02 Å². The number of hydrogen-bond donors (Lipinski definition) is 2. The van der Waals surface area contributed by atoms with Crippen molar-refractivity contribution >= 4 is 47.0 Å². The highest BCUT2D eigenvalue weighted by molar-refractivity contribution is 7.98. The Morgan fingerprint density at radius 1 is 1.00 bits per heavy atom. The number of rotatable bonds is 6. The summed E-state index contributed by atoms with van der Waals surface area (Å²) in [5.41, 5.74) is 5.47. The van der Waals surface area contributed by atoms with Gasteiger partial charge in [-0.3, -0.25) is 34.9 Å². The number of carbonyl (C=O) groups excluding carboxylic acids is 4. The van der Waals surface area contributed by atoms with E-state index in [9.17, 15) is 19.2 Å². The molecule has 150 valence electrons. The summed E-state index contributed by atoms with van der Waals surface area (Å²) in [5.74, 6) is -1.67. The first kappa shape index (κ1) is 20.9. The van der Waals surface area contributed by atoms with E-state index in [-0.39, 0.29) is 17.5 Å². The SMILES string of the molecule is CSCC[C@H](C(=O)NNC(=O)c1ccc(Cl)cc1)N1C(=O)c2ccccc2C1=O. The smallest absolute Gasteiger partial charge is 0.269 e. The molecule has 9 heteroatoms. The quantitative estimate of drug-likeness (QED) is 0.541. The lowest BCUT2D eigenvalue weighted by Gasteiger charge is -2.25. The highest BCUT2D eigenvalue weighted by atomic mass is 35.5. The third-order valence-electron chi connectivity index (χ3n) is 4.44. The second kappa shape index (κ2) is 9.11. The normalized spacial score (nSPS) is 13.8. The number of nitrogens with one attached hydrogen (secondary N) is 2. The molecule has 0 unspecified atom stereocenters. The molecule has 0 aliphatic carbocycles. The molecule has 2 aromatic rings. The van der Waals surface area contributed by atoms with Crippen molar-refractivity contribution in [3.63, 3.8) is 0 Å². The molecule has 7 nitrogen and oxygen atoms in total. The number of imide groups is 1. The van der Waals surface area contributed by atoms with Gasteiger partial charge in [-0.15, -0.1) is 0 Å². The number of hydrazine groups is 1. The maximum atomic E-state index is 12.8. The zero-order chi connectivity index (χ0) is 21.0. The first-order valence-electron chi connectivity index (χ1n) is 8.75. The average Bonchev–Trinajstić information content (AvgIpc) is 2.98. The first-order chi connectivity index (χ1) is 13.9. The molecule has 2 N–H and O–H groups in total. The lowest BCUT2D eigenvalue weighted by atomic mass is 10.1. The number of nitrogens with zero attached hydrogens (tertiary/aromatic N) is 1. The van der Waals surface area contributed by atoms with E-state index < -0.39 is 29.7 Å². The van der Waals surface area contributed by atoms with Crippen molar-refractivity contribution in [1.29, 1.82) is 0 Å². The number of carbonyl (C=O) groups is 4. The van der Waals surface area contributed by atoms with Crippen molar-refractivity contribution < 1.29 is 19.2 Å². The Kier molecular flexibility index (Phi) is 6.56. The molecule has 2 aromatic carbocycles. The molecule has 0 radical (unpaired) electrons. The van der Waals surface area contributed by atoms with E-state index in [4.69, 9.17) is 11.6 Å². The van der Waals surface area contributed by atoms with Gasteiger partial charge in [0, 0.05) is 10.6 Å². The molecule has 0 saturated heterocycles. The van der Waals surface area contributed by atoms with Gasteiger partial charge in [-0.1, -0.05) is 23.7 Å². The second-order valence-electron chi connectivity index (χ2n) is 6.27. The van der Waals surface area contributed by atoms with Crippen molar-refractivity contribution in [2.24, 2.45) is 0 Å². The molecule has 4 amide bonds. The van der Waals surface area contributed by atoms with Crippen LogP contribution in [0.4, 0.5) is 0 Å².